The molecule has 0 spiro atoms. The first-order valence-corrected chi connectivity index (χ1v) is 16.0. The zero-order valence-electron chi connectivity index (χ0n) is 23.6. The van der Waals surface area contributed by atoms with Crippen molar-refractivity contribution in [2.24, 2.45) is 0 Å². The van der Waals surface area contributed by atoms with Crippen LogP contribution in [0.3, 0.4) is 0 Å². The molecule has 5 atom stereocenters. The van der Waals surface area contributed by atoms with Crippen LogP contribution in [0.4, 0.5) is 0 Å². The van der Waals surface area contributed by atoms with Gasteiger partial charge in [0.25, 0.3) is 0 Å². The second-order valence-corrected chi connectivity index (χ2v) is 12.5. The van der Waals surface area contributed by atoms with Crippen molar-refractivity contribution in [2.75, 3.05) is 6.61 Å². The number of esters is 1. The molecular formula is C35H36O6Se. The topological polar surface area (TPSA) is 63.2 Å². The van der Waals surface area contributed by atoms with Crippen LogP contribution < -0.4 is 4.46 Å². The van der Waals surface area contributed by atoms with Crippen molar-refractivity contribution in [3.05, 3.63) is 138 Å². The summed E-state index contributed by atoms with van der Waals surface area (Å²) in [7, 11) is 0. The van der Waals surface area contributed by atoms with Crippen molar-refractivity contribution >= 4 is 25.4 Å². The van der Waals surface area contributed by atoms with Crippen LogP contribution in [-0.4, -0.2) is 57.0 Å². The van der Waals surface area contributed by atoms with Crippen LogP contribution in [0.25, 0.3) is 0 Å². The molecule has 6 nitrogen and oxygen atoms in total. The minimum atomic E-state index is -0.655. The second kappa shape index (κ2) is 15.8. The van der Waals surface area contributed by atoms with E-state index in [1.54, 1.807) is 0 Å². The van der Waals surface area contributed by atoms with Gasteiger partial charge in [-0.2, -0.15) is 0 Å². The molecule has 1 aliphatic rings. The first kappa shape index (κ1) is 30.2. The SMILES string of the molecule is CC(=O)O[C@H]1[C@@H](OCc2ccccc2)[C@H](OCc2ccccc2)[C@@H](COCc2ccccc2)O[C@@H]1[Se]c1ccccc1. The van der Waals surface area contributed by atoms with Gasteiger partial charge in [-0.3, -0.25) is 0 Å². The summed E-state index contributed by atoms with van der Waals surface area (Å²) in [5, 5.41) is -0.397. The van der Waals surface area contributed by atoms with Crippen molar-refractivity contribution in [3.8, 4) is 0 Å². The first-order chi connectivity index (χ1) is 20.7. The molecule has 0 unspecified atom stereocenters. The number of benzene rings is 4. The molecule has 4 aromatic rings. The Kier molecular flexibility index (Phi) is 11.4. The molecular weight excluding hydrogens is 595 g/mol. The molecule has 1 fully saturated rings. The van der Waals surface area contributed by atoms with Gasteiger partial charge >= 0.3 is 255 Å². The van der Waals surface area contributed by atoms with Crippen molar-refractivity contribution in [1.82, 2.24) is 0 Å². The Bertz CT molecular complexity index is 1340. The third-order valence-electron chi connectivity index (χ3n) is 6.85. The Morgan fingerprint density at radius 3 is 1.64 bits per heavy atom. The van der Waals surface area contributed by atoms with Gasteiger partial charge in [0.1, 0.15) is 0 Å². The van der Waals surface area contributed by atoms with E-state index in [4.69, 9.17) is 23.7 Å². The molecule has 0 aliphatic carbocycles. The van der Waals surface area contributed by atoms with Gasteiger partial charge in [-0.05, 0) is 0 Å². The molecule has 42 heavy (non-hydrogen) atoms. The molecule has 1 heterocycles. The fourth-order valence-corrected chi connectivity index (χ4v) is 7.21. The van der Waals surface area contributed by atoms with E-state index < -0.39 is 29.4 Å². The minimum absolute atomic E-state index is 0.169. The summed E-state index contributed by atoms with van der Waals surface area (Å²) >= 11 is -0.169. The number of hydrogen-bond donors (Lipinski definition) is 0. The predicted molar refractivity (Wildman–Crippen MR) is 162 cm³/mol. The summed E-state index contributed by atoms with van der Waals surface area (Å²) in [6.45, 7) is 2.88. The summed E-state index contributed by atoms with van der Waals surface area (Å²) < 4.78 is 33.3. The third kappa shape index (κ3) is 8.85. The Hall–Kier alpha value is -3.29. The predicted octanol–water partition coefficient (Wildman–Crippen LogP) is 5.06. The van der Waals surface area contributed by atoms with E-state index in [9.17, 15) is 4.79 Å². The van der Waals surface area contributed by atoms with Gasteiger partial charge in [0.15, 0.2) is 0 Å². The van der Waals surface area contributed by atoms with Crippen LogP contribution in [0.2, 0.25) is 0 Å². The van der Waals surface area contributed by atoms with E-state index >= 15 is 0 Å². The number of rotatable bonds is 13. The number of hydrogen-bond acceptors (Lipinski definition) is 6. The molecule has 0 bridgehead atoms. The fourth-order valence-electron chi connectivity index (χ4n) is 4.85. The van der Waals surface area contributed by atoms with Crippen molar-refractivity contribution in [3.63, 3.8) is 0 Å². The van der Waals surface area contributed by atoms with E-state index in [1.165, 1.54) is 6.92 Å². The van der Waals surface area contributed by atoms with Gasteiger partial charge < -0.3 is 0 Å². The number of carbonyl (C=O) groups is 1. The van der Waals surface area contributed by atoms with E-state index in [1.807, 2.05) is 109 Å². The zero-order valence-corrected chi connectivity index (χ0v) is 25.3. The van der Waals surface area contributed by atoms with E-state index in [0.717, 1.165) is 21.2 Å². The standard InChI is InChI=1S/C35H36O6Se/c1-26(36)40-34-33(39-24-29-18-10-4-11-19-29)32(38-23-28-16-8-3-9-17-28)31(25-37-22-27-14-6-2-7-15-27)41-35(34)42-30-20-12-5-13-21-30/h2-21,31-35H,22-25H2,1H3/t31-,32-,33+,34+,35-/m1/s1. The van der Waals surface area contributed by atoms with Crippen LogP contribution in [0.1, 0.15) is 23.6 Å². The molecule has 0 aromatic heterocycles. The number of ether oxygens (including phenoxy) is 5. The molecule has 1 aliphatic heterocycles. The molecule has 4 aromatic carbocycles. The molecule has 0 radical (unpaired) electrons. The van der Waals surface area contributed by atoms with E-state index in [2.05, 4.69) is 12.1 Å². The van der Waals surface area contributed by atoms with E-state index in [-0.39, 0.29) is 20.9 Å². The normalized spacial score (nSPS) is 22.0. The summed E-state index contributed by atoms with van der Waals surface area (Å²) in [6.07, 6.45) is -2.22. The average Bonchev–Trinajstić information content (AvgIpc) is 3.02. The molecule has 1 saturated heterocycles. The summed E-state index contributed by atoms with van der Waals surface area (Å²) in [6, 6.07) is 40.2. The van der Waals surface area contributed by atoms with Crippen LogP contribution in [-0.2, 0) is 48.3 Å². The molecule has 0 N–H and O–H groups in total. The maximum absolute atomic E-state index is 12.4. The van der Waals surface area contributed by atoms with Gasteiger partial charge in [-0.15, -0.1) is 0 Å². The molecule has 0 amide bonds. The fraction of sp³-hybridized carbons (Fsp3) is 0.286. The van der Waals surface area contributed by atoms with E-state index in [0.29, 0.717) is 26.4 Å². The Balaban J connectivity index is 1.44. The van der Waals surface area contributed by atoms with Crippen molar-refractivity contribution in [2.45, 2.75) is 56.2 Å². The van der Waals surface area contributed by atoms with Gasteiger partial charge in [0.2, 0.25) is 0 Å². The molecule has 218 valence electrons. The van der Waals surface area contributed by atoms with Gasteiger partial charge in [-0.25, -0.2) is 0 Å². The average molecular weight is 632 g/mol. The van der Waals surface area contributed by atoms with Crippen LogP contribution in [0, 0.1) is 0 Å². The van der Waals surface area contributed by atoms with Crippen LogP contribution in [0.15, 0.2) is 121 Å². The van der Waals surface area contributed by atoms with Gasteiger partial charge in [0.05, 0.1) is 0 Å². The monoisotopic (exact) mass is 632 g/mol. The second-order valence-electron chi connectivity index (χ2n) is 10.1. The summed E-state index contributed by atoms with van der Waals surface area (Å²) in [4.78, 5) is 12.4. The van der Waals surface area contributed by atoms with Gasteiger partial charge in [0, 0.05) is 0 Å². The van der Waals surface area contributed by atoms with Crippen LogP contribution in [0.5, 0.6) is 0 Å². The Labute approximate surface area is 254 Å². The summed E-state index contributed by atoms with van der Waals surface area (Å²) in [5.41, 5.74) is 3.13. The quantitative estimate of drug-likeness (QED) is 0.152. The Morgan fingerprint density at radius 1 is 0.643 bits per heavy atom. The Morgan fingerprint density at radius 2 is 1.12 bits per heavy atom. The maximum atomic E-state index is 12.4. The van der Waals surface area contributed by atoms with Crippen molar-refractivity contribution < 1.29 is 28.5 Å². The first-order valence-electron chi connectivity index (χ1n) is 14.1. The molecule has 0 saturated carbocycles. The third-order valence-corrected chi connectivity index (χ3v) is 9.28. The number of carbonyl (C=O) groups excluding carboxylic acids is 1. The summed E-state index contributed by atoms with van der Waals surface area (Å²) in [5.74, 6) is -0.383. The molecule has 5 rings (SSSR count). The van der Waals surface area contributed by atoms with Crippen molar-refractivity contribution in [1.29, 1.82) is 0 Å². The molecule has 7 heteroatoms. The zero-order chi connectivity index (χ0) is 29.0. The van der Waals surface area contributed by atoms with Gasteiger partial charge in [-0.1, -0.05) is 0 Å². The van der Waals surface area contributed by atoms with Crippen LogP contribution >= 0.6 is 0 Å².